The number of hydrogen-bond acceptors (Lipinski definition) is 4. The van der Waals surface area contributed by atoms with Crippen LogP contribution in [-0.4, -0.2) is 35.9 Å². The zero-order chi connectivity index (χ0) is 13.2. The largest absolute Gasteiger partial charge is 0.382 e. The van der Waals surface area contributed by atoms with Crippen LogP contribution in [0.25, 0.3) is 0 Å². The molecule has 1 N–H and O–H groups in total. The molecule has 0 saturated carbocycles. The highest BCUT2D eigenvalue weighted by Crippen LogP contribution is 1.89. The van der Waals surface area contributed by atoms with Gasteiger partial charge in [0.05, 0.1) is 0 Å². The fourth-order valence-electron chi connectivity index (χ4n) is 1.61. The van der Waals surface area contributed by atoms with Gasteiger partial charge < -0.3 is 10.1 Å². The van der Waals surface area contributed by atoms with Crippen molar-refractivity contribution in [2.45, 2.75) is 33.2 Å². The Morgan fingerprint density at radius 3 is 2.94 bits per heavy atom. The molecule has 0 unspecified atom stereocenters. The Kier molecular flexibility index (Phi) is 7.29. The van der Waals surface area contributed by atoms with Crippen LogP contribution in [0.15, 0.2) is 17.1 Å². The topological polar surface area (TPSA) is 56.1 Å². The Morgan fingerprint density at radius 2 is 2.22 bits per heavy atom. The lowest BCUT2D eigenvalue weighted by atomic mass is 10.3. The van der Waals surface area contributed by atoms with E-state index >= 15 is 0 Å². The Labute approximate surface area is 108 Å². The van der Waals surface area contributed by atoms with E-state index in [1.807, 2.05) is 19.9 Å². The van der Waals surface area contributed by atoms with Crippen LogP contribution in [0.4, 0.5) is 0 Å². The molecule has 0 atom stereocenters. The second-order valence-corrected chi connectivity index (χ2v) is 4.20. The first-order chi connectivity index (χ1) is 8.74. The Bertz CT molecular complexity index is 390. The minimum atomic E-state index is -0.173. The van der Waals surface area contributed by atoms with Gasteiger partial charge in [0.1, 0.15) is 0 Å². The van der Waals surface area contributed by atoms with Gasteiger partial charge in [0, 0.05) is 38.2 Å². The summed E-state index contributed by atoms with van der Waals surface area (Å²) in [7, 11) is 0. The summed E-state index contributed by atoms with van der Waals surface area (Å²) >= 11 is 0. The van der Waals surface area contributed by atoms with Crippen LogP contribution < -0.4 is 11.0 Å². The summed E-state index contributed by atoms with van der Waals surface area (Å²) < 4.78 is 6.88. The molecule has 0 amide bonds. The molecule has 0 saturated heterocycles. The van der Waals surface area contributed by atoms with Crippen molar-refractivity contribution in [2.24, 2.45) is 0 Å². The van der Waals surface area contributed by atoms with Crippen LogP contribution in [0.5, 0.6) is 0 Å². The number of ether oxygens (including phenoxy) is 1. The van der Waals surface area contributed by atoms with Gasteiger partial charge in [0.2, 0.25) is 0 Å². The van der Waals surface area contributed by atoms with Crippen LogP contribution in [0.2, 0.25) is 0 Å². The fourth-order valence-corrected chi connectivity index (χ4v) is 1.61. The average molecular weight is 253 g/mol. The van der Waals surface area contributed by atoms with Crippen molar-refractivity contribution >= 4 is 0 Å². The maximum atomic E-state index is 11.5. The Morgan fingerprint density at radius 1 is 1.39 bits per heavy atom. The smallest absolute Gasteiger partial charge is 0.347 e. The summed E-state index contributed by atoms with van der Waals surface area (Å²) in [5, 5.41) is 3.31. The van der Waals surface area contributed by atoms with Crippen molar-refractivity contribution in [1.29, 1.82) is 0 Å². The Hall–Kier alpha value is -1.20. The third-order valence-electron chi connectivity index (χ3n) is 2.64. The number of hydrogen-bond donors (Lipinski definition) is 1. The van der Waals surface area contributed by atoms with Crippen molar-refractivity contribution in [3.05, 3.63) is 28.4 Å². The van der Waals surface area contributed by atoms with Gasteiger partial charge in [-0.15, -0.1) is 0 Å². The zero-order valence-electron chi connectivity index (χ0n) is 11.3. The maximum absolute atomic E-state index is 11.5. The van der Waals surface area contributed by atoms with Gasteiger partial charge in [0.25, 0.3) is 0 Å². The first-order valence-electron chi connectivity index (χ1n) is 6.56. The molecule has 1 aromatic rings. The monoisotopic (exact) mass is 253 g/mol. The summed E-state index contributed by atoms with van der Waals surface area (Å²) in [6, 6.07) is 1.85. The predicted molar refractivity (Wildman–Crippen MR) is 71.8 cm³/mol. The van der Waals surface area contributed by atoms with E-state index < -0.39 is 0 Å². The highest BCUT2D eigenvalue weighted by atomic mass is 16.5. The van der Waals surface area contributed by atoms with Crippen LogP contribution >= 0.6 is 0 Å². The lowest BCUT2D eigenvalue weighted by molar-refractivity contribution is 0.143. The van der Waals surface area contributed by atoms with Gasteiger partial charge in [-0.1, -0.05) is 0 Å². The minimum Gasteiger partial charge on any atom is -0.382 e. The number of nitrogens with one attached hydrogen (secondary N) is 1. The lowest BCUT2D eigenvalue weighted by Crippen LogP contribution is -2.29. The molecule has 0 bridgehead atoms. The van der Waals surface area contributed by atoms with Crippen molar-refractivity contribution in [3.8, 4) is 0 Å². The molecule has 0 aliphatic heterocycles. The van der Waals surface area contributed by atoms with Crippen LogP contribution in [0.3, 0.4) is 0 Å². The normalized spacial score (nSPS) is 10.8. The molecule has 1 aromatic heterocycles. The highest BCUT2D eigenvalue weighted by Gasteiger charge is 1.96. The van der Waals surface area contributed by atoms with E-state index in [9.17, 15) is 4.79 Å². The van der Waals surface area contributed by atoms with E-state index in [1.54, 1.807) is 10.8 Å². The third-order valence-corrected chi connectivity index (χ3v) is 2.64. The average Bonchev–Trinajstić information content (AvgIpc) is 2.35. The second kappa shape index (κ2) is 8.83. The molecule has 0 spiro atoms. The molecule has 0 aliphatic rings. The first kappa shape index (κ1) is 14.9. The molecule has 5 nitrogen and oxygen atoms in total. The molecule has 5 heteroatoms. The number of unbranched alkanes of at least 4 members (excludes halogenated alkanes) is 1. The highest BCUT2D eigenvalue weighted by molar-refractivity contribution is 4.95. The summed E-state index contributed by atoms with van der Waals surface area (Å²) in [5.41, 5.74) is 0.591. The van der Waals surface area contributed by atoms with Gasteiger partial charge in [0.15, 0.2) is 0 Å². The van der Waals surface area contributed by atoms with E-state index in [-0.39, 0.29) is 5.69 Å². The van der Waals surface area contributed by atoms with Crippen molar-refractivity contribution < 1.29 is 4.74 Å². The number of nitrogens with zero attached hydrogens (tertiary/aromatic N) is 2. The van der Waals surface area contributed by atoms with Gasteiger partial charge in [-0.2, -0.15) is 4.98 Å². The van der Waals surface area contributed by atoms with Crippen LogP contribution in [0.1, 0.15) is 25.5 Å². The van der Waals surface area contributed by atoms with E-state index in [1.165, 1.54) is 0 Å². The molecule has 0 aromatic carbocycles. The molecule has 0 fully saturated rings. The quantitative estimate of drug-likeness (QED) is 0.666. The molecule has 0 aliphatic carbocycles. The Balaban J connectivity index is 2.09. The second-order valence-electron chi connectivity index (χ2n) is 4.20. The van der Waals surface area contributed by atoms with Crippen LogP contribution in [0, 0.1) is 6.92 Å². The zero-order valence-corrected chi connectivity index (χ0v) is 11.3. The molecule has 18 heavy (non-hydrogen) atoms. The van der Waals surface area contributed by atoms with Crippen LogP contribution in [-0.2, 0) is 11.3 Å². The van der Waals surface area contributed by atoms with Gasteiger partial charge >= 0.3 is 5.69 Å². The van der Waals surface area contributed by atoms with E-state index in [4.69, 9.17) is 4.74 Å². The number of aryl methyl sites for hydroxylation is 1. The van der Waals surface area contributed by atoms with E-state index in [0.717, 1.165) is 44.8 Å². The SMILES string of the molecule is CCOCCCCNCCn1ccc(C)nc1=O. The lowest BCUT2D eigenvalue weighted by Gasteiger charge is -2.07. The minimum absolute atomic E-state index is 0.173. The molecular formula is C13H23N3O2. The maximum Gasteiger partial charge on any atom is 0.347 e. The molecule has 1 rings (SSSR count). The molecule has 102 valence electrons. The summed E-state index contributed by atoms with van der Waals surface area (Å²) in [5.74, 6) is 0. The third kappa shape index (κ3) is 5.93. The summed E-state index contributed by atoms with van der Waals surface area (Å²) in [6.07, 6.45) is 3.97. The fraction of sp³-hybridized carbons (Fsp3) is 0.692. The molecular weight excluding hydrogens is 230 g/mol. The van der Waals surface area contributed by atoms with Gasteiger partial charge in [-0.3, -0.25) is 4.57 Å². The molecule has 0 radical (unpaired) electrons. The number of aromatic nitrogens is 2. The van der Waals surface area contributed by atoms with Crippen molar-refractivity contribution in [1.82, 2.24) is 14.9 Å². The standard InChI is InChI=1S/C13H23N3O2/c1-3-18-11-5-4-7-14-8-10-16-9-6-12(2)15-13(16)17/h6,9,14H,3-5,7-8,10-11H2,1-2H3. The van der Waals surface area contributed by atoms with Gasteiger partial charge in [-0.05, 0) is 39.3 Å². The molecule has 1 heterocycles. The first-order valence-corrected chi connectivity index (χ1v) is 6.56. The summed E-state index contributed by atoms with van der Waals surface area (Å²) in [6.45, 7) is 7.86. The number of rotatable bonds is 9. The summed E-state index contributed by atoms with van der Waals surface area (Å²) in [4.78, 5) is 15.4. The van der Waals surface area contributed by atoms with Crippen molar-refractivity contribution in [2.75, 3.05) is 26.3 Å². The van der Waals surface area contributed by atoms with Gasteiger partial charge in [-0.25, -0.2) is 4.79 Å². The van der Waals surface area contributed by atoms with E-state index in [0.29, 0.717) is 6.54 Å². The van der Waals surface area contributed by atoms with E-state index in [2.05, 4.69) is 10.3 Å². The predicted octanol–water partition coefficient (Wildman–Crippen LogP) is 0.958. The van der Waals surface area contributed by atoms with Crippen molar-refractivity contribution in [3.63, 3.8) is 0 Å².